The highest BCUT2D eigenvalue weighted by Gasteiger charge is 2.13. The highest BCUT2D eigenvalue weighted by molar-refractivity contribution is 7.08. The molecule has 0 saturated carbocycles. The highest BCUT2D eigenvalue weighted by Crippen LogP contribution is 2.29. The van der Waals surface area contributed by atoms with Gasteiger partial charge in [-0.05, 0) is 29.7 Å². The summed E-state index contributed by atoms with van der Waals surface area (Å²) < 4.78 is 11.3. The van der Waals surface area contributed by atoms with Crippen LogP contribution in [0.3, 0.4) is 0 Å². The molecule has 1 aromatic carbocycles. The molecule has 0 fully saturated rings. The van der Waals surface area contributed by atoms with Gasteiger partial charge >= 0.3 is 5.97 Å². The van der Waals surface area contributed by atoms with Gasteiger partial charge in [0.05, 0.1) is 28.6 Å². The molecule has 0 bridgehead atoms. The van der Waals surface area contributed by atoms with E-state index < -0.39 is 5.97 Å². The monoisotopic (exact) mass is 367 g/mol. The van der Waals surface area contributed by atoms with Crippen LogP contribution in [-0.4, -0.2) is 26.5 Å². The Labute approximate surface area is 146 Å². The Morgan fingerprint density at radius 1 is 1.26 bits per heavy atom. The number of benzene rings is 1. The smallest absolute Gasteiger partial charge is 0.350 e. The van der Waals surface area contributed by atoms with Crippen LogP contribution in [0.1, 0.15) is 9.67 Å². The Morgan fingerprint density at radius 2 is 2.13 bits per heavy atom. The SMILES string of the molecule is O=C(OCCn1ccnc1)c1cc(-c2ccc(Cl)c(Cl)c2)ns1. The molecule has 0 unspecified atom stereocenters. The summed E-state index contributed by atoms with van der Waals surface area (Å²) in [6, 6.07) is 6.90. The molecule has 118 valence electrons. The second kappa shape index (κ2) is 7.12. The van der Waals surface area contributed by atoms with E-state index in [-0.39, 0.29) is 6.61 Å². The third kappa shape index (κ3) is 3.90. The number of hydrogen-bond acceptors (Lipinski definition) is 5. The number of carbonyl (C=O) groups excluding carboxylic acids is 1. The van der Waals surface area contributed by atoms with Crippen LogP contribution in [-0.2, 0) is 11.3 Å². The van der Waals surface area contributed by atoms with Gasteiger partial charge in [-0.3, -0.25) is 0 Å². The van der Waals surface area contributed by atoms with Crippen LogP contribution in [0, 0.1) is 0 Å². The van der Waals surface area contributed by atoms with Gasteiger partial charge < -0.3 is 9.30 Å². The van der Waals surface area contributed by atoms with E-state index in [9.17, 15) is 4.79 Å². The van der Waals surface area contributed by atoms with Crippen molar-refractivity contribution < 1.29 is 9.53 Å². The average Bonchev–Trinajstić information content (AvgIpc) is 3.21. The second-order valence-electron chi connectivity index (χ2n) is 4.64. The number of hydrogen-bond donors (Lipinski definition) is 0. The molecule has 0 saturated heterocycles. The summed E-state index contributed by atoms with van der Waals surface area (Å²) in [6.45, 7) is 0.833. The number of carbonyl (C=O) groups is 1. The number of rotatable bonds is 5. The lowest BCUT2D eigenvalue weighted by Crippen LogP contribution is -2.09. The molecule has 8 heteroatoms. The molecule has 2 heterocycles. The number of ether oxygens (including phenoxy) is 1. The largest absolute Gasteiger partial charge is 0.460 e. The first-order chi connectivity index (χ1) is 11.1. The fraction of sp³-hybridized carbons (Fsp3) is 0.133. The minimum Gasteiger partial charge on any atom is -0.460 e. The summed E-state index contributed by atoms with van der Waals surface area (Å²) in [6.07, 6.45) is 5.15. The van der Waals surface area contributed by atoms with E-state index in [2.05, 4.69) is 9.36 Å². The first-order valence-electron chi connectivity index (χ1n) is 6.68. The van der Waals surface area contributed by atoms with Gasteiger partial charge in [0.1, 0.15) is 11.5 Å². The van der Waals surface area contributed by atoms with E-state index in [0.717, 1.165) is 17.1 Å². The molecular weight excluding hydrogens is 357 g/mol. The summed E-state index contributed by atoms with van der Waals surface area (Å²) in [5, 5.41) is 0.923. The van der Waals surface area contributed by atoms with Crippen LogP contribution in [0.5, 0.6) is 0 Å². The van der Waals surface area contributed by atoms with Gasteiger partial charge in [-0.25, -0.2) is 9.78 Å². The summed E-state index contributed by atoms with van der Waals surface area (Å²) in [5.74, 6) is -0.395. The molecule has 0 aliphatic heterocycles. The lowest BCUT2D eigenvalue weighted by Gasteiger charge is -2.03. The maximum Gasteiger partial charge on any atom is 0.350 e. The van der Waals surface area contributed by atoms with Gasteiger partial charge in [0.2, 0.25) is 0 Å². The molecular formula is C15H11Cl2N3O2S. The molecule has 0 aliphatic rings. The Balaban J connectivity index is 1.63. The van der Waals surface area contributed by atoms with Gasteiger partial charge in [0.15, 0.2) is 0 Å². The Bertz CT molecular complexity index is 818. The fourth-order valence-electron chi connectivity index (χ4n) is 1.90. The highest BCUT2D eigenvalue weighted by atomic mass is 35.5. The fourth-order valence-corrected chi connectivity index (χ4v) is 2.85. The van der Waals surface area contributed by atoms with E-state index in [1.54, 1.807) is 36.8 Å². The molecule has 2 aromatic heterocycles. The summed E-state index contributed by atoms with van der Waals surface area (Å²) in [4.78, 5) is 16.4. The van der Waals surface area contributed by atoms with Crippen molar-refractivity contribution in [3.8, 4) is 11.3 Å². The molecule has 0 amide bonds. The van der Waals surface area contributed by atoms with Crippen molar-refractivity contribution >= 4 is 40.7 Å². The number of esters is 1. The van der Waals surface area contributed by atoms with Crippen LogP contribution >= 0.6 is 34.7 Å². The quantitative estimate of drug-likeness (QED) is 0.635. The minimum atomic E-state index is -0.395. The molecule has 3 aromatic rings. The molecule has 0 radical (unpaired) electrons. The predicted octanol–water partition coefficient (Wildman–Crippen LogP) is 4.17. The van der Waals surface area contributed by atoms with E-state index >= 15 is 0 Å². The average molecular weight is 368 g/mol. The van der Waals surface area contributed by atoms with Crippen molar-refractivity contribution in [1.29, 1.82) is 0 Å². The van der Waals surface area contributed by atoms with Crippen LogP contribution in [0.2, 0.25) is 10.0 Å². The summed E-state index contributed by atoms with van der Waals surface area (Å²) in [7, 11) is 0. The summed E-state index contributed by atoms with van der Waals surface area (Å²) >= 11 is 13.0. The van der Waals surface area contributed by atoms with Crippen molar-refractivity contribution in [3.05, 3.63) is 57.9 Å². The first-order valence-corrected chi connectivity index (χ1v) is 8.21. The third-order valence-electron chi connectivity index (χ3n) is 3.07. The van der Waals surface area contributed by atoms with E-state index in [1.165, 1.54) is 0 Å². The predicted molar refractivity (Wildman–Crippen MR) is 90.1 cm³/mol. The Morgan fingerprint density at radius 3 is 2.87 bits per heavy atom. The van der Waals surface area contributed by atoms with Crippen molar-refractivity contribution in [2.75, 3.05) is 6.61 Å². The molecule has 5 nitrogen and oxygen atoms in total. The zero-order valence-corrected chi connectivity index (χ0v) is 14.1. The number of nitrogens with zero attached hydrogens (tertiary/aromatic N) is 3. The number of imidazole rings is 1. The van der Waals surface area contributed by atoms with Crippen molar-refractivity contribution in [2.45, 2.75) is 6.54 Å². The van der Waals surface area contributed by atoms with E-state index in [4.69, 9.17) is 27.9 Å². The second-order valence-corrected chi connectivity index (χ2v) is 6.26. The molecule has 0 N–H and O–H groups in total. The Hall–Kier alpha value is -1.89. The van der Waals surface area contributed by atoms with Gasteiger partial charge in [-0.15, -0.1) is 0 Å². The first kappa shape index (κ1) is 16.0. The van der Waals surface area contributed by atoms with Crippen LogP contribution in [0.25, 0.3) is 11.3 Å². The third-order valence-corrected chi connectivity index (χ3v) is 4.58. The minimum absolute atomic E-state index is 0.273. The normalized spacial score (nSPS) is 10.7. The molecule has 3 rings (SSSR count). The molecule has 0 aliphatic carbocycles. The maximum atomic E-state index is 12.0. The lowest BCUT2D eigenvalue weighted by atomic mass is 10.1. The van der Waals surface area contributed by atoms with Crippen molar-refractivity contribution in [3.63, 3.8) is 0 Å². The number of aromatic nitrogens is 3. The molecule has 0 spiro atoms. The molecule has 0 atom stereocenters. The van der Waals surface area contributed by atoms with Gasteiger partial charge in [-0.2, -0.15) is 4.37 Å². The van der Waals surface area contributed by atoms with Crippen molar-refractivity contribution in [1.82, 2.24) is 13.9 Å². The zero-order valence-electron chi connectivity index (χ0n) is 11.8. The lowest BCUT2D eigenvalue weighted by molar-refractivity contribution is 0.0497. The van der Waals surface area contributed by atoms with Crippen LogP contribution in [0.15, 0.2) is 43.0 Å². The van der Waals surface area contributed by atoms with E-state index in [0.29, 0.717) is 27.2 Å². The van der Waals surface area contributed by atoms with Gasteiger partial charge in [-0.1, -0.05) is 29.3 Å². The maximum absolute atomic E-state index is 12.0. The standard InChI is InChI=1S/C15H11Cl2N3O2S/c16-11-2-1-10(7-12(11)17)13-8-14(23-19-13)15(21)22-6-5-20-4-3-18-9-20/h1-4,7-9H,5-6H2. The van der Waals surface area contributed by atoms with E-state index in [1.807, 2.05) is 10.8 Å². The van der Waals surface area contributed by atoms with Gasteiger partial charge in [0.25, 0.3) is 0 Å². The van der Waals surface area contributed by atoms with Crippen LogP contribution in [0.4, 0.5) is 0 Å². The van der Waals surface area contributed by atoms with Crippen LogP contribution < -0.4 is 0 Å². The molecule has 23 heavy (non-hydrogen) atoms. The van der Waals surface area contributed by atoms with Gasteiger partial charge in [0, 0.05) is 18.0 Å². The topological polar surface area (TPSA) is 57.0 Å². The zero-order chi connectivity index (χ0) is 16.2. The number of halogens is 2. The summed E-state index contributed by atoms with van der Waals surface area (Å²) in [5.41, 5.74) is 1.46. The van der Waals surface area contributed by atoms with Crippen molar-refractivity contribution in [2.24, 2.45) is 0 Å². The Kier molecular flexibility index (Phi) is 4.95.